The van der Waals surface area contributed by atoms with E-state index < -0.39 is 0 Å². The van der Waals surface area contributed by atoms with Crippen molar-refractivity contribution in [2.75, 3.05) is 5.73 Å². The highest BCUT2D eigenvalue weighted by Gasteiger charge is 2.03. The van der Waals surface area contributed by atoms with E-state index in [1.54, 1.807) is 11.8 Å². The number of nitrogens with zero attached hydrogens (tertiary/aromatic N) is 2. The van der Waals surface area contributed by atoms with Gasteiger partial charge in [-0.05, 0) is 30.2 Å². The van der Waals surface area contributed by atoms with Crippen LogP contribution in [0.4, 0.5) is 5.69 Å². The monoisotopic (exact) mass is 309 g/mol. The smallest absolute Gasteiger partial charge is 0.187 e. The van der Waals surface area contributed by atoms with Crippen LogP contribution in [0.5, 0.6) is 0 Å². The lowest BCUT2D eigenvalue weighted by molar-refractivity contribution is 0.949. The van der Waals surface area contributed by atoms with Gasteiger partial charge in [-0.2, -0.15) is 0 Å². The molecule has 17 heavy (non-hydrogen) atoms. The molecular weight excluding hydrogens is 298 g/mol. The molecule has 0 unspecified atom stereocenters. The van der Waals surface area contributed by atoms with E-state index in [4.69, 9.17) is 5.73 Å². The summed E-state index contributed by atoms with van der Waals surface area (Å²) in [5, 5.41) is 0.791. The normalized spacial score (nSPS) is 10.5. The van der Waals surface area contributed by atoms with Gasteiger partial charge in [0.25, 0.3) is 0 Å². The van der Waals surface area contributed by atoms with E-state index in [0.717, 1.165) is 26.6 Å². The van der Waals surface area contributed by atoms with Gasteiger partial charge in [0.1, 0.15) is 0 Å². The highest BCUT2D eigenvalue weighted by molar-refractivity contribution is 9.10. The van der Waals surface area contributed by atoms with E-state index in [9.17, 15) is 0 Å². The zero-order valence-corrected chi connectivity index (χ0v) is 11.8. The Morgan fingerprint density at radius 1 is 1.29 bits per heavy atom. The van der Waals surface area contributed by atoms with E-state index >= 15 is 0 Å². The Labute approximate surface area is 113 Å². The number of aromatic nitrogens is 2. The Bertz CT molecular complexity index is 514. The lowest BCUT2D eigenvalue weighted by Gasteiger charge is -2.04. The molecule has 0 spiro atoms. The van der Waals surface area contributed by atoms with Crippen LogP contribution in [-0.2, 0) is 5.75 Å². The molecule has 1 aromatic carbocycles. The molecule has 88 valence electrons. The predicted molar refractivity (Wildman–Crippen MR) is 74.9 cm³/mol. The van der Waals surface area contributed by atoms with Gasteiger partial charge in [-0.15, -0.1) is 0 Å². The van der Waals surface area contributed by atoms with Crippen molar-refractivity contribution in [3.8, 4) is 0 Å². The maximum Gasteiger partial charge on any atom is 0.187 e. The largest absolute Gasteiger partial charge is 0.399 e. The van der Waals surface area contributed by atoms with Crippen LogP contribution in [0, 0.1) is 6.92 Å². The fraction of sp³-hybridized carbons (Fsp3) is 0.167. The molecule has 1 aromatic heterocycles. The molecule has 0 aliphatic carbocycles. The summed E-state index contributed by atoms with van der Waals surface area (Å²) in [7, 11) is 0. The molecule has 1 heterocycles. The Hall–Kier alpha value is -1.07. The van der Waals surface area contributed by atoms with Crippen LogP contribution < -0.4 is 5.73 Å². The summed E-state index contributed by atoms with van der Waals surface area (Å²) < 4.78 is 1.03. The summed E-state index contributed by atoms with van der Waals surface area (Å²) in [5.41, 5.74) is 8.71. The van der Waals surface area contributed by atoms with Crippen molar-refractivity contribution in [1.82, 2.24) is 9.97 Å². The van der Waals surface area contributed by atoms with Gasteiger partial charge in [-0.3, -0.25) is 0 Å². The molecule has 0 saturated heterocycles. The third-order valence-electron chi connectivity index (χ3n) is 2.19. The van der Waals surface area contributed by atoms with E-state index in [-0.39, 0.29) is 0 Å². The molecule has 0 atom stereocenters. The van der Waals surface area contributed by atoms with Crippen molar-refractivity contribution in [1.29, 1.82) is 0 Å². The number of anilines is 1. The molecule has 0 fully saturated rings. The number of nitrogens with two attached hydrogens (primary N) is 1. The average Bonchev–Trinajstić information content (AvgIpc) is 2.30. The third kappa shape index (κ3) is 3.44. The highest BCUT2D eigenvalue weighted by Crippen LogP contribution is 2.26. The standard InChI is InChI=1S/C12H12BrN3S/c1-8-5-15-12(16-6-8)17-7-9-2-3-10(14)4-11(9)13/h2-6H,7,14H2,1H3. The minimum absolute atomic E-state index is 0.761. The quantitative estimate of drug-likeness (QED) is 0.536. The van der Waals surface area contributed by atoms with Crippen molar-refractivity contribution in [2.45, 2.75) is 17.8 Å². The molecule has 5 heteroatoms. The zero-order chi connectivity index (χ0) is 12.3. The third-order valence-corrected chi connectivity index (χ3v) is 3.85. The van der Waals surface area contributed by atoms with E-state index in [1.807, 2.05) is 37.5 Å². The molecule has 2 aromatic rings. The molecule has 2 rings (SSSR count). The molecule has 0 aliphatic heterocycles. The van der Waals surface area contributed by atoms with Gasteiger partial charge in [-0.25, -0.2) is 9.97 Å². The van der Waals surface area contributed by atoms with Gasteiger partial charge in [0.05, 0.1) is 0 Å². The van der Waals surface area contributed by atoms with Crippen LogP contribution in [-0.4, -0.2) is 9.97 Å². The Morgan fingerprint density at radius 3 is 2.65 bits per heavy atom. The number of benzene rings is 1. The summed E-state index contributed by atoms with van der Waals surface area (Å²) in [6.45, 7) is 1.98. The summed E-state index contributed by atoms with van der Waals surface area (Å²) in [6.07, 6.45) is 3.65. The van der Waals surface area contributed by atoms with Crippen molar-refractivity contribution in [3.63, 3.8) is 0 Å². The molecule has 0 radical (unpaired) electrons. The molecule has 0 amide bonds. The van der Waals surface area contributed by atoms with Crippen molar-refractivity contribution < 1.29 is 0 Å². The van der Waals surface area contributed by atoms with Crippen LogP contribution in [0.1, 0.15) is 11.1 Å². The van der Waals surface area contributed by atoms with Crippen LogP contribution >= 0.6 is 27.7 Å². The molecule has 0 saturated carbocycles. The highest BCUT2D eigenvalue weighted by atomic mass is 79.9. The number of thioether (sulfide) groups is 1. The number of halogens is 1. The maximum atomic E-state index is 5.69. The van der Waals surface area contributed by atoms with Crippen molar-refractivity contribution >= 4 is 33.4 Å². The first-order valence-electron chi connectivity index (χ1n) is 5.10. The zero-order valence-electron chi connectivity index (χ0n) is 9.35. The molecule has 0 aliphatic rings. The summed E-state index contributed by atoms with van der Waals surface area (Å²) in [5.74, 6) is 0.823. The van der Waals surface area contributed by atoms with Crippen LogP contribution in [0.2, 0.25) is 0 Å². The van der Waals surface area contributed by atoms with E-state index in [2.05, 4.69) is 25.9 Å². The SMILES string of the molecule is Cc1cnc(SCc2ccc(N)cc2Br)nc1. The van der Waals surface area contributed by atoms with Gasteiger partial charge in [-0.1, -0.05) is 33.8 Å². The first-order chi connectivity index (χ1) is 8.15. The lowest BCUT2D eigenvalue weighted by atomic mass is 10.2. The first kappa shape index (κ1) is 12.4. The minimum atomic E-state index is 0.761. The Morgan fingerprint density at radius 2 is 2.00 bits per heavy atom. The minimum Gasteiger partial charge on any atom is -0.399 e. The molecule has 3 nitrogen and oxygen atoms in total. The molecular formula is C12H12BrN3S. The number of hydrogen-bond acceptors (Lipinski definition) is 4. The summed E-state index contributed by atoms with van der Waals surface area (Å²) in [4.78, 5) is 8.50. The summed E-state index contributed by atoms with van der Waals surface area (Å²) >= 11 is 5.11. The maximum absolute atomic E-state index is 5.69. The number of hydrogen-bond donors (Lipinski definition) is 1. The van der Waals surface area contributed by atoms with E-state index in [1.165, 1.54) is 5.56 Å². The second-order valence-corrected chi connectivity index (χ2v) is 5.48. The molecule has 2 N–H and O–H groups in total. The lowest BCUT2D eigenvalue weighted by Crippen LogP contribution is -1.90. The summed E-state index contributed by atoms with van der Waals surface area (Å²) in [6, 6.07) is 5.82. The van der Waals surface area contributed by atoms with E-state index in [0.29, 0.717) is 0 Å². The van der Waals surface area contributed by atoms with Crippen LogP contribution in [0.15, 0.2) is 40.2 Å². The number of aryl methyl sites for hydroxylation is 1. The van der Waals surface area contributed by atoms with Crippen LogP contribution in [0.25, 0.3) is 0 Å². The van der Waals surface area contributed by atoms with Gasteiger partial charge in [0.2, 0.25) is 0 Å². The van der Waals surface area contributed by atoms with Crippen molar-refractivity contribution in [2.24, 2.45) is 0 Å². The topological polar surface area (TPSA) is 51.8 Å². The van der Waals surface area contributed by atoms with Crippen LogP contribution in [0.3, 0.4) is 0 Å². The second kappa shape index (κ2) is 5.51. The fourth-order valence-corrected chi connectivity index (χ4v) is 2.79. The van der Waals surface area contributed by atoms with Gasteiger partial charge in [0.15, 0.2) is 5.16 Å². The number of rotatable bonds is 3. The predicted octanol–water partition coefficient (Wildman–Crippen LogP) is 3.42. The van der Waals surface area contributed by atoms with Gasteiger partial charge >= 0.3 is 0 Å². The number of nitrogen functional groups attached to an aromatic ring is 1. The van der Waals surface area contributed by atoms with Gasteiger partial charge < -0.3 is 5.73 Å². The Kier molecular flexibility index (Phi) is 4.02. The second-order valence-electron chi connectivity index (χ2n) is 3.68. The van der Waals surface area contributed by atoms with Crippen molar-refractivity contribution in [3.05, 3.63) is 46.2 Å². The fourth-order valence-electron chi connectivity index (χ4n) is 1.28. The first-order valence-corrected chi connectivity index (χ1v) is 6.88. The average molecular weight is 310 g/mol. The van der Waals surface area contributed by atoms with Gasteiger partial charge in [0, 0.05) is 28.3 Å². The molecule has 0 bridgehead atoms. The Balaban J connectivity index is 2.04.